The molecular weight excluding hydrogens is 268 g/mol. The summed E-state index contributed by atoms with van der Waals surface area (Å²) in [6.07, 6.45) is 0. The minimum absolute atomic E-state index is 0.588. The van der Waals surface area contributed by atoms with Crippen molar-refractivity contribution < 1.29 is 0 Å². The quantitative estimate of drug-likeness (QED) is 0.904. The van der Waals surface area contributed by atoms with E-state index in [-0.39, 0.29) is 0 Å². The number of aromatic nitrogens is 1. The highest BCUT2D eigenvalue weighted by Gasteiger charge is 2.27. The Bertz CT molecular complexity index is 406. The van der Waals surface area contributed by atoms with Crippen LogP contribution in [-0.2, 0) is 6.54 Å². The minimum Gasteiger partial charge on any atom is -0.345 e. The Balaban J connectivity index is 1.91. The molecule has 4 nitrogen and oxygen atoms in total. The summed E-state index contributed by atoms with van der Waals surface area (Å²) in [7, 11) is 2.22. The van der Waals surface area contributed by atoms with Crippen molar-refractivity contribution in [2.75, 3.05) is 31.6 Å². The molecular formula is C15H28N4S. The second kappa shape index (κ2) is 6.87. The van der Waals surface area contributed by atoms with E-state index in [0.29, 0.717) is 18.0 Å². The molecule has 1 saturated heterocycles. The fourth-order valence-electron chi connectivity index (χ4n) is 2.57. The third kappa shape index (κ3) is 3.93. The van der Waals surface area contributed by atoms with E-state index in [0.717, 1.165) is 26.2 Å². The minimum atomic E-state index is 0.588. The van der Waals surface area contributed by atoms with Gasteiger partial charge in [-0.1, -0.05) is 13.8 Å². The number of nitrogens with one attached hydrogen (secondary N) is 1. The first-order chi connectivity index (χ1) is 9.47. The van der Waals surface area contributed by atoms with Gasteiger partial charge in [0.1, 0.15) is 0 Å². The first kappa shape index (κ1) is 15.7. The van der Waals surface area contributed by atoms with Gasteiger partial charge in [-0.2, -0.15) is 0 Å². The highest BCUT2D eigenvalue weighted by Crippen LogP contribution is 2.25. The number of nitrogens with zero attached hydrogens (tertiary/aromatic N) is 3. The van der Waals surface area contributed by atoms with Gasteiger partial charge in [0.2, 0.25) is 0 Å². The normalized spacial score (nSPS) is 24.6. The Morgan fingerprint density at radius 1 is 1.35 bits per heavy atom. The molecule has 0 bridgehead atoms. The van der Waals surface area contributed by atoms with Gasteiger partial charge in [-0.3, -0.25) is 4.90 Å². The molecule has 114 valence electrons. The van der Waals surface area contributed by atoms with Crippen molar-refractivity contribution in [3.8, 4) is 0 Å². The van der Waals surface area contributed by atoms with Gasteiger partial charge >= 0.3 is 0 Å². The number of hydrogen-bond donors (Lipinski definition) is 1. The van der Waals surface area contributed by atoms with E-state index in [1.54, 1.807) is 11.3 Å². The van der Waals surface area contributed by atoms with Crippen LogP contribution in [0.25, 0.3) is 0 Å². The van der Waals surface area contributed by atoms with Crippen LogP contribution in [0.1, 0.15) is 33.4 Å². The van der Waals surface area contributed by atoms with Crippen molar-refractivity contribution in [2.24, 2.45) is 5.92 Å². The topological polar surface area (TPSA) is 31.4 Å². The van der Waals surface area contributed by atoms with E-state index >= 15 is 0 Å². The average Bonchev–Trinajstić information content (AvgIpc) is 2.83. The number of thiazole rings is 1. The molecule has 1 aliphatic rings. The third-order valence-corrected chi connectivity index (χ3v) is 4.98. The largest absolute Gasteiger partial charge is 0.345 e. The van der Waals surface area contributed by atoms with Gasteiger partial charge in [0.05, 0.1) is 5.69 Å². The van der Waals surface area contributed by atoms with E-state index in [2.05, 4.69) is 55.2 Å². The maximum Gasteiger partial charge on any atom is 0.185 e. The first-order valence-corrected chi connectivity index (χ1v) is 8.47. The molecule has 20 heavy (non-hydrogen) atoms. The van der Waals surface area contributed by atoms with Crippen molar-refractivity contribution >= 4 is 16.5 Å². The summed E-state index contributed by atoms with van der Waals surface area (Å²) < 4.78 is 0. The van der Waals surface area contributed by atoms with E-state index in [1.807, 2.05) is 0 Å². The summed E-state index contributed by atoms with van der Waals surface area (Å²) in [6.45, 7) is 13.1. The molecule has 2 rings (SSSR count). The number of hydrogen-bond acceptors (Lipinski definition) is 5. The molecule has 2 unspecified atom stereocenters. The predicted molar refractivity (Wildman–Crippen MR) is 87.6 cm³/mol. The van der Waals surface area contributed by atoms with Crippen LogP contribution in [0.4, 0.5) is 5.13 Å². The molecule has 0 aliphatic carbocycles. The monoisotopic (exact) mass is 296 g/mol. The van der Waals surface area contributed by atoms with Crippen LogP contribution < -0.4 is 10.2 Å². The van der Waals surface area contributed by atoms with Gasteiger partial charge in [-0.25, -0.2) is 4.98 Å². The van der Waals surface area contributed by atoms with Crippen LogP contribution in [0.15, 0.2) is 5.38 Å². The van der Waals surface area contributed by atoms with Crippen molar-refractivity contribution in [3.05, 3.63) is 11.1 Å². The van der Waals surface area contributed by atoms with E-state index in [4.69, 9.17) is 4.98 Å². The highest BCUT2D eigenvalue weighted by molar-refractivity contribution is 7.13. The third-order valence-electron chi connectivity index (χ3n) is 4.03. The van der Waals surface area contributed by atoms with Crippen LogP contribution in [0.5, 0.6) is 0 Å². The van der Waals surface area contributed by atoms with E-state index in [1.165, 1.54) is 10.8 Å². The zero-order valence-electron chi connectivity index (χ0n) is 13.4. The highest BCUT2D eigenvalue weighted by atomic mass is 32.1. The van der Waals surface area contributed by atoms with Crippen LogP contribution in [0.2, 0.25) is 0 Å². The summed E-state index contributed by atoms with van der Waals surface area (Å²) in [4.78, 5) is 9.68. The molecule has 0 radical (unpaired) electrons. The van der Waals surface area contributed by atoms with Crippen LogP contribution >= 0.6 is 11.3 Å². The number of likely N-dealkylation sites (N-methyl/N-ethyl adjacent to an activating group) is 1. The van der Waals surface area contributed by atoms with Gasteiger partial charge in [0, 0.05) is 37.1 Å². The summed E-state index contributed by atoms with van der Waals surface area (Å²) >= 11 is 1.78. The molecule has 1 fully saturated rings. The number of anilines is 1. The smallest absolute Gasteiger partial charge is 0.185 e. The molecule has 1 N–H and O–H groups in total. The van der Waals surface area contributed by atoms with Crippen LogP contribution in [0.3, 0.4) is 0 Å². The standard InChI is InChI=1S/C15H28N4S/c1-11(2)6-16-7-14-10-20-15(17-14)19-8-12(3)18(5)13(4)9-19/h10-13,16H,6-9H2,1-5H3. The Hall–Kier alpha value is -0.650. The maximum absolute atomic E-state index is 4.79. The lowest BCUT2D eigenvalue weighted by Crippen LogP contribution is -2.55. The van der Waals surface area contributed by atoms with E-state index < -0.39 is 0 Å². The van der Waals surface area contributed by atoms with Crippen molar-refractivity contribution in [3.63, 3.8) is 0 Å². The number of piperazine rings is 1. The Morgan fingerprint density at radius 2 is 2.00 bits per heavy atom. The predicted octanol–water partition coefficient (Wildman–Crippen LogP) is 2.42. The lowest BCUT2D eigenvalue weighted by atomic mass is 10.1. The molecule has 0 aromatic carbocycles. The molecule has 2 atom stereocenters. The first-order valence-electron chi connectivity index (χ1n) is 7.59. The lowest BCUT2D eigenvalue weighted by Gasteiger charge is -2.42. The fourth-order valence-corrected chi connectivity index (χ4v) is 3.42. The average molecular weight is 296 g/mol. The van der Waals surface area contributed by atoms with Gasteiger partial charge in [-0.05, 0) is 33.4 Å². The van der Waals surface area contributed by atoms with Gasteiger partial charge < -0.3 is 10.2 Å². The molecule has 5 heteroatoms. The SMILES string of the molecule is CC(C)CNCc1csc(N2CC(C)N(C)C(C)C2)n1. The zero-order valence-corrected chi connectivity index (χ0v) is 14.2. The van der Waals surface area contributed by atoms with Crippen LogP contribution in [0, 0.1) is 5.92 Å². The lowest BCUT2D eigenvalue weighted by molar-refractivity contribution is 0.170. The van der Waals surface area contributed by atoms with Crippen molar-refractivity contribution in [1.29, 1.82) is 0 Å². The van der Waals surface area contributed by atoms with E-state index in [9.17, 15) is 0 Å². The Kier molecular flexibility index (Phi) is 5.41. The molecule has 1 aliphatic heterocycles. The van der Waals surface area contributed by atoms with Crippen molar-refractivity contribution in [2.45, 2.75) is 46.3 Å². The fraction of sp³-hybridized carbons (Fsp3) is 0.800. The summed E-state index contributed by atoms with van der Waals surface area (Å²) in [6, 6.07) is 1.18. The van der Waals surface area contributed by atoms with Crippen molar-refractivity contribution in [1.82, 2.24) is 15.2 Å². The van der Waals surface area contributed by atoms with Gasteiger partial charge in [-0.15, -0.1) is 11.3 Å². The molecule has 1 aromatic heterocycles. The molecule has 0 spiro atoms. The van der Waals surface area contributed by atoms with Crippen LogP contribution in [-0.4, -0.2) is 48.6 Å². The second-order valence-electron chi connectivity index (χ2n) is 6.41. The molecule has 0 saturated carbocycles. The Labute approximate surface area is 127 Å². The summed E-state index contributed by atoms with van der Waals surface area (Å²) in [5.41, 5.74) is 1.17. The number of rotatable bonds is 5. The second-order valence-corrected chi connectivity index (χ2v) is 7.25. The summed E-state index contributed by atoms with van der Waals surface area (Å²) in [5, 5.41) is 6.83. The zero-order chi connectivity index (χ0) is 14.7. The molecule has 1 aromatic rings. The Morgan fingerprint density at radius 3 is 2.60 bits per heavy atom. The molecule has 0 amide bonds. The van der Waals surface area contributed by atoms with Gasteiger partial charge in [0.15, 0.2) is 5.13 Å². The van der Waals surface area contributed by atoms with Gasteiger partial charge in [0.25, 0.3) is 0 Å². The maximum atomic E-state index is 4.79. The summed E-state index contributed by atoms with van der Waals surface area (Å²) in [5.74, 6) is 0.687. The molecule has 2 heterocycles.